The van der Waals surface area contributed by atoms with Gasteiger partial charge in [-0.3, -0.25) is 4.79 Å². The number of nitrogens with zero attached hydrogens (tertiary/aromatic N) is 3. The Balaban J connectivity index is 0.00000155. The third kappa shape index (κ3) is 7.37. The van der Waals surface area contributed by atoms with Crippen LogP contribution in [-0.4, -0.2) is 47.7 Å². The molecule has 6 nitrogen and oxygen atoms in total. The number of thioether (sulfide) groups is 1. The summed E-state index contributed by atoms with van der Waals surface area (Å²) in [7, 11) is 1.99. The molecule has 3 rings (SSSR count). The lowest BCUT2D eigenvalue weighted by molar-refractivity contribution is -0.117. The Bertz CT molecular complexity index is 810. The van der Waals surface area contributed by atoms with Crippen LogP contribution in [0.25, 0.3) is 0 Å². The van der Waals surface area contributed by atoms with Crippen molar-refractivity contribution in [2.45, 2.75) is 45.5 Å². The second-order valence-corrected chi connectivity index (χ2v) is 7.95. The number of amides is 1. The molecule has 0 saturated heterocycles. The van der Waals surface area contributed by atoms with Crippen LogP contribution in [0.5, 0.6) is 5.75 Å². The molecule has 1 amide bonds. The molecule has 0 aliphatic carbocycles. The van der Waals surface area contributed by atoms with Gasteiger partial charge in [0.15, 0.2) is 0 Å². The molecule has 7 heteroatoms. The summed E-state index contributed by atoms with van der Waals surface area (Å²) >= 11 is 1.40. The van der Waals surface area contributed by atoms with Crippen LogP contribution in [-0.2, 0) is 16.0 Å². The zero-order valence-electron chi connectivity index (χ0n) is 18.4. The van der Waals surface area contributed by atoms with Crippen LogP contribution in [0.15, 0.2) is 53.7 Å². The van der Waals surface area contributed by atoms with Crippen molar-refractivity contribution in [1.29, 1.82) is 0 Å². The summed E-state index contributed by atoms with van der Waals surface area (Å²) in [6.45, 7) is 9.15. The van der Waals surface area contributed by atoms with E-state index in [9.17, 15) is 4.79 Å². The Hall–Kier alpha value is -2.54. The van der Waals surface area contributed by atoms with Gasteiger partial charge in [0.2, 0.25) is 0 Å². The van der Waals surface area contributed by atoms with E-state index in [0.717, 1.165) is 23.7 Å². The van der Waals surface area contributed by atoms with E-state index in [0.29, 0.717) is 18.3 Å². The number of carbonyl (C=O) groups excluding carboxylic acids is 1. The summed E-state index contributed by atoms with van der Waals surface area (Å²) in [6, 6.07) is 13.7. The van der Waals surface area contributed by atoms with E-state index < -0.39 is 0 Å². The van der Waals surface area contributed by atoms with Crippen molar-refractivity contribution in [3.05, 3.63) is 54.2 Å². The van der Waals surface area contributed by atoms with E-state index in [-0.39, 0.29) is 17.3 Å². The number of ether oxygens (including phenoxy) is 2. The SMILES string of the molecule is CC.CC(C)OC1=NC(=O)C(Cc2ccc(OCCN(C)c3ccccn3)cc2)S1. The van der Waals surface area contributed by atoms with E-state index in [1.807, 2.05) is 82.1 Å². The van der Waals surface area contributed by atoms with Crippen LogP contribution in [0.3, 0.4) is 0 Å². The first-order chi connectivity index (χ1) is 14.5. The molecule has 162 valence electrons. The first-order valence-electron chi connectivity index (χ1n) is 10.3. The Morgan fingerprint density at radius 3 is 2.50 bits per heavy atom. The zero-order valence-corrected chi connectivity index (χ0v) is 19.2. The molecule has 2 heterocycles. The predicted molar refractivity (Wildman–Crippen MR) is 125 cm³/mol. The van der Waals surface area contributed by atoms with Crippen LogP contribution in [0.4, 0.5) is 5.82 Å². The van der Waals surface area contributed by atoms with Crippen molar-refractivity contribution in [3.63, 3.8) is 0 Å². The molecule has 2 aromatic rings. The molecule has 1 unspecified atom stereocenters. The van der Waals surface area contributed by atoms with Gasteiger partial charge in [-0.1, -0.05) is 43.8 Å². The number of rotatable bonds is 8. The Labute approximate surface area is 183 Å². The summed E-state index contributed by atoms with van der Waals surface area (Å²) in [4.78, 5) is 22.4. The predicted octanol–water partition coefficient (Wildman–Crippen LogP) is 4.59. The van der Waals surface area contributed by atoms with E-state index in [1.54, 1.807) is 6.20 Å². The second-order valence-electron chi connectivity index (χ2n) is 6.80. The average molecular weight is 430 g/mol. The van der Waals surface area contributed by atoms with Crippen molar-refractivity contribution in [1.82, 2.24) is 4.98 Å². The van der Waals surface area contributed by atoms with Crippen LogP contribution in [0.2, 0.25) is 0 Å². The highest BCUT2D eigenvalue weighted by Crippen LogP contribution is 2.27. The molecule has 1 aromatic heterocycles. The monoisotopic (exact) mass is 429 g/mol. The Morgan fingerprint density at radius 1 is 1.13 bits per heavy atom. The van der Waals surface area contributed by atoms with Gasteiger partial charge in [0.1, 0.15) is 18.2 Å². The standard InChI is InChI=1S/C21H25N3O3S.C2H6/c1-15(2)27-21-23-20(25)18(28-21)14-16-7-9-17(10-8-16)26-13-12-24(3)19-6-4-5-11-22-19;1-2/h4-11,15,18H,12-14H2,1-3H3;1-2H3. The van der Waals surface area contributed by atoms with Crippen molar-refractivity contribution in [2.75, 3.05) is 25.1 Å². The molecule has 0 bridgehead atoms. The number of aliphatic imine (C=N–C) groups is 1. The minimum atomic E-state index is -0.215. The maximum absolute atomic E-state index is 12.0. The summed E-state index contributed by atoms with van der Waals surface area (Å²) in [5, 5.41) is 0.259. The van der Waals surface area contributed by atoms with Crippen LogP contribution in [0, 0.1) is 0 Å². The van der Waals surface area contributed by atoms with E-state index >= 15 is 0 Å². The number of carbonyl (C=O) groups is 1. The maximum atomic E-state index is 12.0. The van der Waals surface area contributed by atoms with Gasteiger partial charge in [0, 0.05) is 13.2 Å². The van der Waals surface area contributed by atoms with Gasteiger partial charge in [-0.2, -0.15) is 4.99 Å². The highest BCUT2D eigenvalue weighted by molar-refractivity contribution is 8.15. The fourth-order valence-electron chi connectivity index (χ4n) is 2.68. The van der Waals surface area contributed by atoms with Gasteiger partial charge in [-0.25, -0.2) is 4.98 Å². The first kappa shape index (κ1) is 23.7. The minimum Gasteiger partial charge on any atom is -0.492 e. The molecule has 1 aliphatic heterocycles. The molecule has 0 radical (unpaired) electrons. The van der Waals surface area contributed by atoms with Crippen LogP contribution < -0.4 is 9.64 Å². The molecule has 1 atom stereocenters. The second kappa shape index (κ2) is 12.2. The fourth-order valence-corrected chi connectivity index (χ4v) is 3.74. The average Bonchev–Trinajstić information content (AvgIpc) is 3.09. The number of hydrogen-bond acceptors (Lipinski definition) is 6. The Morgan fingerprint density at radius 2 is 1.87 bits per heavy atom. The lowest BCUT2D eigenvalue weighted by Crippen LogP contribution is -2.24. The van der Waals surface area contributed by atoms with Gasteiger partial charge in [-0.15, -0.1) is 0 Å². The number of pyridine rings is 1. The van der Waals surface area contributed by atoms with Gasteiger partial charge < -0.3 is 14.4 Å². The number of benzene rings is 1. The molecule has 30 heavy (non-hydrogen) atoms. The molecule has 0 spiro atoms. The van der Waals surface area contributed by atoms with Crippen molar-refractivity contribution >= 4 is 28.7 Å². The summed E-state index contributed by atoms with van der Waals surface area (Å²) in [5.74, 6) is 1.60. The van der Waals surface area contributed by atoms with Gasteiger partial charge in [0.05, 0.1) is 17.9 Å². The fraction of sp³-hybridized carbons (Fsp3) is 0.435. The molecule has 0 N–H and O–H groups in total. The number of hydrogen-bond donors (Lipinski definition) is 0. The van der Waals surface area contributed by atoms with E-state index in [2.05, 4.69) is 9.98 Å². The largest absolute Gasteiger partial charge is 0.492 e. The minimum absolute atomic E-state index is 0.0194. The number of aromatic nitrogens is 1. The lowest BCUT2D eigenvalue weighted by Gasteiger charge is -2.18. The van der Waals surface area contributed by atoms with Crippen molar-refractivity contribution in [2.24, 2.45) is 4.99 Å². The van der Waals surface area contributed by atoms with Gasteiger partial charge >= 0.3 is 0 Å². The molecule has 1 aliphatic rings. The van der Waals surface area contributed by atoms with Crippen LogP contribution >= 0.6 is 11.8 Å². The van der Waals surface area contributed by atoms with Crippen molar-refractivity contribution in [3.8, 4) is 5.75 Å². The highest BCUT2D eigenvalue weighted by Gasteiger charge is 2.30. The van der Waals surface area contributed by atoms with Gasteiger partial charge in [-0.05, 0) is 50.1 Å². The topological polar surface area (TPSA) is 64.0 Å². The normalized spacial score (nSPS) is 15.3. The summed E-state index contributed by atoms with van der Waals surface area (Å²) < 4.78 is 11.3. The first-order valence-corrected chi connectivity index (χ1v) is 11.2. The molecule has 0 saturated carbocycles. The number of likely N-dealkylation sites (N-methyl/N-ethyl adjacent to an activating group) is 1. The molecular weight excluding hydrogens is 398 g/mol. The van der Waals surface area contributed by atoms with E-state index in [4.69, 9.17) is 9.47 Å². The molecule has 0 fully saturated rings. The summed E-state index contributed by atoms with van der Waals surface area (Å²) in [5.41, 5.74) is 1.07. The third-order valence-electron chi connectivity index (χ3n) is 4.14. The number of anilines is 1. The molecular formula is C23H31N3O3S. The highest BCUT2D eigenvalue weighted by atomic mass is 32.2. The molecule has 1 aromatic carbocycles. The quantitative estimate of drug-likeness (QED) is 0.612. The van der Waals surface area contributed by atoms with Crippen molar-refractivity contribution < 1.29 is 14.3 Å². The third-order valence-corrected chi connectivity index (χ3v) is 5.18. The zero-order chi connectivity index (χ0) is 21.9. The van der Waals surface area contributed by atoms with Crippen LogP contribution in [0.1, 0.15) is 33.3 Å². The lowest BCUT2D eigenvalue weighted by atomic mass is 10.1. The Kier molecular flexibility index (Phi) is 9.67. The summed E-state index contributed by atoms with van der Waals surface area (Å²) in [6.07, 6.45) is 2.42. The smallest absolute Gasteiger partial charge is 0.263 e. The van der Waals surface area contributed by atoms with E-state index in [1.165, 1.54) is 11.8 Å². The van der Waals surface area contributed by atoms with Gasteiger partial charge in [0.25, 0.3) is 11.1 Å². The maximum Gasteiger partial charge on any atom is 0.263 e.